The number of primary amides is 1. The van der Waals surface area contributed by atoms with E-state index in [1.54, 1.807) is 24.3 Å². The number of hydrogen-bond acceptors (Lipinski definition) is 6. The first-order chi connectivity index (χ1) is 12.0. The Balaban J connectivity index is 1.51. The number of phenols is 1. The fourth-order valence-corrected chi connectivity index (χ4v) is 4.33. The van der Waals surface area contributed by atoms with Crippen LogP contribution in [-0.4, -0.2) is 27.8 Å². The van der Waals surface area contributed by atoms with Gasteiger partial charge >= 0.3 is 0 Å². The highest BCUT2D eigenvalue weighted by Gasteiger charge is 2.57. The average molecular weight is 339 g/mol. The Morgan fingerprint density at radius 2 is 2.04 bits per heavy atom. The molecule has 3 aliphatic rings. The maximum Gasteiger partial charge on any atom is 0.220 e. The second-order valence-electron chi connectivity index (χ2n) is 7.28. The number of aromatic hydroxyl groups is 1. The minimum absolute atomic E-state index is 0.00605. The number of fused-ring (bicyclic) bond motifs is 1. The third-order valence-corrected chi connectivity index (χ3v) is 5.63. The van der Waals surface area contributed by atoms with Crippen LogP contribution in [0, 0.1) is 17.3 Å². The fraction of sp³-hybridized carbons (Fsp3) is 0.389. The van der Waals surface area contributed by atoms with Gasteiger partial charge in [-0.1, -0.05) is 12.1 Å². The number of anilines is 2. The first-order valence-electron chi connectivity index (χ1n) is 8.42. The number of nitrogens with zero attached hydrogens (tertiary/aromatic N) is 2. The normalized spacial score (nSPS) is 26.9. The maximum absolute atomic E-state index is 11.5. The van der Waals surface area contributed by atoms with Crippen LogP contribution >= 0.6 is 0 Å². The quantitative estimate of drug-likeness (QED) is 0.657. The zero-order valence-corrected chi connectivity index (χ0v) is 13.8. The molecule has 1 amide bonds. The first kappa shape index (κ1) is 15.7. The Morgan fingerprint density at radius 1 is 1.28 bits per heavy atom. The van der Waals surface area contributed by atoms with Crippen molar-refractivity contribution in [2.24, 2.45) is 23.0 Å². The molecular formula is C18H21N5O2. The van der Waals surface area contributed by atoms with Crippen molar-refractivity contribution in [3.63, 3.8) is 0 Å². The molecule has 0 saturated heterocycles. The molecule has 25 heavy (non-hydrogen) atoms. The van der Waals surface area contributed by atoms with Crippen molar-refractivity contribution in [1.82, 2.24) is 10.2 Å². The number of nitrogens with two attached hydrogens (primary N) is 2. The summed E-state index contributed by atoms with van der Waals surface area (Å²) in [5.74, 6) is 0.718. The molecule has 7 nitrogen and oxygen atoms in total. The minimum atomic E-state index is -0.184. The lowest BCUT2D eigenvalue weighted by Gasteiger charge is -2.38. The third kappa shape index (κ3) is 2.65. The molecule has 6 N–H and O–H groups in total. The summed E-state index contributed by atoms with van der Waals surface area (Å²) in [7, 11) is 0. The van der Waals surface area contributed by atoms with Gasteiger partial charge < -0.3 is 21.9 Å². The van der Waals surface area contributed by atoms with Crippen molar-refractivity contribution in [2.75, 3.05) is 17.6 Å². The summed E-state index contributed by atoms with van der Waals surface area (Å²) < 4.78 is 0. The van der Waals surface area contributed by atoms with Crippen LogP contribution in [0.2, 0.25) is 0 Å². The van der Waals surface area contributed by atoms with E-state index in [0.29, 0.717) is 28.7 Å². The maximum atomic E-state index is 11.5. The number of para-hydroxylation sites is 1. The summed E-state index contributed by atoms with van der Waals surface area (Å²) >= 11 is 0. The number of aromatic nitrogens is 2. The van der Waals surface area contributed by atoms with E-state index in [9.17, 15) is 9.90 Å². The Kier molecular flexibility index (Phi) is 3.52. The number of hydrogen-bond donors (Lipinski definition) is 4. The molecule has 3 aliphatic carbocycles. The van der Waals surface area contributed by atoms with Gasteiger partial charge in [-0.25, -0.2) is 0 Å². The van der Waals surface area contributed by atoms with Crippen LogP contribution in [-0.2, 0) is 4.79 Å². The highest BCUT2D eigenvalue weighted by atomic mass is 16.3. The van der Waals surface area contributed by atoms with Gasteiger partial charge in [0.1, 0.15) is 5.75 Å². The molecule has 7 heteroatoms. The predicted molar refractivity (Wildman–Crippen MR) is 94.5 cm³/mol. The van der Waals surface area contributed by atoms with Gasteiger partial charge in [0.25, 0.3) is 0 Å². The molecule has 0 spiro atoms. The second-order valence-corrected chi connectivity index (χ2v) is 7.28. The first-order valence-corrected chi connectivity index (χ1v) is 8.42. The number of nitrogens with one attached hydrogen (secondary N) is 1. The molecule has 2 bridgehead atoms. The molecule has 1 aromatic carbocycles. The highest BCUT2D eigenvalue weighted by molar-refractivity contribution is 5.78. The van der Waals surface area contributed by atoms with E-state index in [1.165, 1.54) is 0 Å². The van der Waals surface area contributed by atoms with E-state index in [0.717, 1.165) is 25.8 Å². The van der Waals surface area contributed by atoms with Crippen LogP contribution in [0.15, 0.2) is 30.3 Å². The number of amides is 1. The van der Waals surface area contributed by atoms with Crippen LogP contribution in [0.3, 0.4) is 0 Å². The number of phenolic OH excluding ortho intramolecular Hbond substituents is 1. The molecule has 130 valence electrons. The minimum Gasteiger partial charge on any atom is -0.507 e. The lowest BCUT2D eigenvalue weighted by molar-refractivity contribution is -0.122. The molecule has 5 rings (SSSR count). The molecule has 1 unspecified atom stereocenters. The number of rotatable bonds is 5. The van der Waals surface area contributed by atoms with Crippen molar-refractivity contribution in [1.29, 1.82) is 0 Å². The molecule has 2 aromatic rings. The Hall–Kier alpha value is -2.83. The zero-order chi connectivity index (χ0) is 17.6. The summed E-state index contributed by atoms with van der Waals surface area (Å²) in [6.07, 6.45) is 2.89. The van der Waals surface area contributed by atoms with Crippen molar-refractivity contribution in [3.8, 4) is 17.0 Å². The van der Waals surface area contributed by atoms with Gasteiger partial charge in [-0.3, -0.25) is 4.79 Å². The number of nitrogen functional groups attached to an aromatic ring is 1. The molecule has 3 fully saturated rings. The van der Waals surface area contributed by atoms with Gasteiger partial charge in [0.15, 0.2) is 5.82 Å². The van der Waals surface area contributed by atoms with Crippen LogP contribution < -0.4 is 16.8 Å². The van der Waals surface area contributed by atoms with Crippen molar-refractivity contribution in [3.05, 3.63) is 30.3 Å². The van der Waals surface area contributed by atoms with Gasteiger partial charge in [0, 0.05) is 18.0 Å². The second kappa shape index (κ2) is 5.61. The summed E-state index contributed by atoms with van der Waals surface area (Å²) in [6, 6.07) is 8.77. The average Bonchev–Trinajstić information content (AvgIpc) is 3.11. The number of carbonyl (C=O) groups is 1. The van der Waals surface area contributed by atoms with Crippen LogP contribution in [0.5, 0.6) is 5.75 Å². The van der Waals surface area contributed by atoms with Gasteiger partial charge in [0.05, 0.1) is 11.4 Å². The molecule has 3 saturated carbocycles. The predicted octanol–water partition coefficient (Wildman–Crippen LogP) is 1.74. The molecule has 1 aromatic heterocycles. The van der Waals surface area contributed by atoms with Crippen LogP contribution in [0.4, 0.5) is 11.5 Å². The van der Waals surface area contributed by atoms with E-state index in [-0.39, 0.29) is 23.0 Å². The Labute approximate surface area is 145 Å². The van der Waals surface area contributed by atoms with Gasteiger partial charge in [-0.2, -0.15) is 0 Å². The van der Waals surface area contributed by atoms with E-state index in [4.69, 9.17) is 11.5 Å². The summed E-state index contributed by atoms with van der Waals surface area (Å²) in [5, 5.41) is 21.4. The summed E-state index contributed by atoms with van der Waals surface area (Å²) in [4.78, 5) is 11.5. The molecule has 0 radical (unpaired) electrons. The Bertz CT molecular complexity index is 832. The van der Waals surface area contributed by atoms with Gasteiger partial charge in [-0.05, 0) is 48.8 Å². The summed E-state index contributed by atoms with van der Waals surface area (Å²) in [6.45, 7) is 0.726. The highest BCUT2D eigenvalue weighted by Crippen LogP contribution is 2.61. The molecule has 1 atom stereocenters. The third-order valence-electron chi connectivity index (χ3n) is 5.63. The molecular weight excluding hydrogens is 318 g/mol. The van der Waals surface area contributed by atoms with Crippen molar-refractivity contribution >= 4 is 17.4 Å². The van der Waals surface area contributed by atoms with Crippen molar-refractivity contribution < 1.29 is 9.90 Å². The largest absolute Gasteiger partial charge is 0.507 e. The van der Waals surface area contributed by atoms with Gasteiger partial charge in [0.2, 0.25) is 5.91 Å². The molecule has 0 aliphatic heterocycles. The van der Waals surface area contributed by atoms with E-state index in [1.807, 2.05) is 6.07 Å². The van der Waals surface area contributed by atoms with E-state index in [2.05, 4.69) is 15.5 Å². The number of carbonyl (C=O) groups excluding carboxylic acids is 1. The van der Waals surface area contributed by atoms with Crippen LogP contribution in [0.25, 0.3) is 11.3 Å². The standard InChI is InChI=1S/C18H21N5O2/c19-16-14(5-13(22-23-16)11-3-1-2-4-15(11)24)21-9-18-6-10(7-18)12(8-18)17(20)25/h1-5,10,12,24H,6-9H2,(H2,19,23)(H2,20,25)(H,21,22). The monoisotopic (exact) mass is 339 g/mol. The molecule has 1 heterocycles. The number of benzene rings is 1. The van der Waals surface area contributed by atoms with Crippen LogP contribution in [0.1, 0.15) is 19.3 Å². The van der Waals surface area contributed by atoms with E-state index < -0.39 is 0 Å². The fourth-order valence-electron chi connectivity index (χ4n) is 4.33. The lowest BCUT2D eigenvalue weighted by atomic mass is 9.69. The van der Waals surface area contributed by atoms with Gasteiger partial charge in [-0.15, -0.1) is 10.2 Å². The van der Waals surface area contributed by atoms with E-state index >= 15 is 0 Å². The topological polar surface area (TPSA) is 127 Å². The lowest BCUT2D eigenvalue weighted by Crippen LogP contribution is -2.35. The SMILES string of the molecule is NC(=O)C1CC2(CNc3cc(-c4ccccc4O)nnc3N)CC1C2. The zero-order valence-electron chi connectivity index (χ0n) is 13.8. The summed E-state index contributed by atoms with van der Waals surface area (Å²) in [5.41, 5.74) is 13.4. The Morgan fingerprint density at radius 3 is 2.72 bits per heavy atom. The van der Waals surface area contributed by atoms with Crippen molar-refractivity contribution in [2.45, 2.75) is 19.3 Å². The smallest absolute Gasteiger partial charge is 0.220 e.